The number of rotatable bonds is 7. The van der Waals surface area contributed by atoms with Crippen LogP contribution in [0.5, 0.6) is 0 Å². The number of carbonyl (C=O) groups is 2. The number of benzene rings is 2. The normalized spacial score (nSPS) is 11.2. The zero-order chi connectivity index (χ0) is 23.2. The minimum Gasteiger partial charge on any atom is -0.465 e. The summed E-state index contributed by atoms with van der Waals surface area (Å²) < 4.78 is 10.6. The zero-order valence-electron chi connectivity index (χ0n) is 17.9. The van der Waals surface area contributed by atoms with Crippen LogP contribution < -0.4 is 5.32 Å². The van der Waals surface area contributed by atoms with E-state index in [1.165, 1.54) is 13.2 Å². The molecule has 0 bridgehead atoms. The fraction of sp³-hybridized carbons (Fsp3) is 0.115. The maximum absolute atomic E-state index is 12.5. The topological polar surface area (TPSA) is 108 Å². The molecule has 0 unspecified atom stereocenters. The van der Waals surface area contributed by atoms with Gasteiger partial charge in [-0.15, -0.1) is 0 Å². The fourth-order valence-electron chi connectivity index (χ4n) is 3.60. The number of methoxy groups -OCH3 is 1. The van der Waals surface area contributed by atoms with Gasteiger partial charge in [-0.1, -0.05) is 36.4 Å². The van der Waals surface area contributed by atoms with E-state index in [-0.39, 0.29) is 5.57 Å². The van der Waals surface area contributed by atoms with Gasteiger partial charge in [0.15, 0.2) is 0 Å². The first-order valence-electron chi connectivity index (χ1n) is 10.3. The molecule has 7 nitrogen and oxygen atoms in total. The molecular weight excluding hydrogens is 418 g/mol. The standard InChI is InChI=1S/C26H21N3O4/c1-32-26(31)22-8-3-2-7-21(22)24-11-10-19(33-24)14-18(15-27)25(30)28-13-12-17-16-29-23-9-5-4-6-20(17)23/h2-11,14,16,29H,12-13H2,1H3,(H,28,30). The van der Waals surface area contributed by atoms with E-state index < -0.39 is 11.9 Å². The molecule has 0 spiro atoms. The van der Waals surface area contributed by atoms with Crippen LogP contribution in [0.1, 0.15) is 21.7 Å². The van der Waals surface area contributed by atoms with Crippen molar-refractivity contribution in [3.63, 3.8) is 0 Å². The maximum atomic E-state index is 12.5. The second-order valence-electron chi connectivity index (χ2n) is 7.27. The van der Waals surface area contributed by atoms with E-state index in [1.54, 1.807) is 36.4 Å². The third kappa shape index (κ3) is 4.70. The highest BCUT2D eigenvalue weighted by molar-refractivity contribution is 6.01. The van der Waals surface area contributed by atoms with Gasteiger partial charge < -0.3 is 19.5 Å². The van der Waals surface area contributed by atoms with Gasteiger partial charge >= 0.3 is 5.97 Å². The van der Waals surface area contributed by atoms with E-state index in [2.05, 4.69) is 10.3 Å². The summed E-state index contributed by atoms with van der Waals surface area (Å²) >= 11 is 0. The summed E-state index contributed by atoms with van der Waals surface area (Å²) in [5, 5.41) is 13.4. The lowest BCUT2D eigenvalue weighted by molar-refractivity contribution is -0.117. The van der Waals surface area contributed by atoms with Crippen molar-refractivity contribution in [2.75, 3.05) is 13.7 Å². The van der Waals surface area contributed by atoms with E-state index in [1.807, 2.05) is 36.5 Å². The summed E-state index contributed by atoms with van der Waals surface area (Å²) in [7, 11) is 1.31. The number of esters is 1. The average molecular weight is 439 g/mol. The lowest BCUT2D eigenvalue weighted by Crippen LogP contribution is -2.26. The first-order valence-corrected chi connectivity index (χ1v) is 10.3. The Morgan fingerprint density at radius 3 is 2.73 bits per heavy atom. The number of aromatic nitrogens is 1. The van der Waals surface area contributed by atoms with Gasteiger partial charge in [-0.3, -0.25) is 4.79 Å². The second kappa shape index (κ2) is 9.71. The van der Waals surface area contributed by atoms with Crippen LogP contribution in [-0.2, 0) is 16.0 Å². The number of aromatic amines is 1. The number of hydrogen-bond donors (Lipinski definition) is 2. The summed E-state index contributed by atoms with van der Waals surface area (Å²) in [6.07, 6.45) is 3.93. The molecule has 4 aromatic rings. The molecule has 0 aliphatic heterocycles. The molecule has 0 atom stereocenters. The highest BCUT2D eigenvalue weighted by atomic mass is 16.5. The lowest BCUT2D eigenvalue weighted by atomic mass is 10.1. The molecule has 4 rings (SSSR count). The number of ether oxygens (including phenoxy) is 1. The lowest BCUT2D eigenvalue weighted by Gasteiger charge is -2.05. The van der Waals surface area contributed by atoms with Crippen LogP contribution in [0.4, 0.5) is 0 Å². The molecule has 1 amide bonds. The van der Waals surface area contributed by atoms with Crippen LogP contribution in [0.25, 0.3) is 28.3 Å². The number of carbonyl (C=O) groups excluding carboxylic acids is 2. The Labute approximate surface area is 190 Å². The van der Waals surface area contributed by atoms with Gasteiger partial charge in [-0.05, 0) is 36.2 Å². The van der Waals surface area contributed by atoms with Gasteiger partial charge in [0.25, 0.3) is 5.91 Å². The number of amides is 1. The molecule has 0 saturated carbocycles. The monoisotopic (exact) mass is 439 g/mol. The van der Waals surface area contributed by atoms with Gasteiger partial charge in [-0.25, -0.2) is 4.79 Å². The predicted octanol–water partition coefficient (Wildman–Crippen LogP) is 4.48. The van der Waals surface area contributed by atoms with Crippen molar-refractivity contribution in [2.45, 2.75) is 6.42 Å². The van der Waals surface area contributed by atoms with Gasteiger partial charge in [0, 0.05) is 35.3 Å². The Morgan fingerprint density at radius 1 is 1.12 bits per heavy atom. The van der Waals surface area contributed by atoms with Gasteiger partial charge in [0.2, 0.25) is 0 Å². The second-order valence-corrected chi connectivity index (χ2v) is 7.27. The van der Waals surface area contributed by atoms with E-state index in [0.717, 1.165) is 16.5 Å². The van der Waals surface area contributed by atoms with E-state index >= 15 is 0 Å². The van der Waals surface area contributed by atoms with Gasteiger partial charge in [0.1, 0.15) is 23.2 Å². The van der Waals surface area contributed by atoms with Crippen LogP contribution in [0, 0.1) is 11.3 Å². The maximum Gasteiger partial charge on any atom is 0.338 e. The smallest absolute Gasteiger partial charge is 0.338 e. The summed E-state index contributed by atoms with van der Waals surface area (Å²) in [6.45, 7) is 0.385. The Bertz CT molecular complexity index is 1390. The van der Waals surface area contributed by atoms with Crippen LogP contribution in [-0.4, -0.2) is 30.5 Å². The fourth-order valence-corrected chi connectivity index (χ4v) is 3.60. The molecule has 2 N–H and O–H groups in total. The van der Waals surface area contributed by atoms with Crippen molar-refractivity contribution >= 4 is 28.9 Å². The van der Waals surface area contributed by atoms with Crippen molar-refractivity contribution in [3.05, 3.63) is 89.3 Å². The van der Waals surface area contributed by atoms with Crippen molar-refractivity contribution in [3.8, 4) is 17.4 Å². The molecular formula is C26H21N3O4. The Balaban J connectivity index is 1.45. The number of nitrogens with one attached hydrogen (secondary N) is 2. The molecule has 33 heavy (non-hydrogen) atoms. The Kier molecular flexibility index (Phi) is 6.37. The Hall–Kier alpha value is -4.57. The molecule has 0 aliphatic carbocycles. The number of furan rings is 1. The number of hydrogen-bond acceptors (Lipinski definition) is 5. The molecule has 2 aromatic heterocycles. The third-order valence-corrected chi connectivity index (χ3v) is 5.23. The first kappa shape index (κ1) is 21.7. The van der Waals surface area contributed by atoms with Crippen LogP contribution in [0.2, 0.25) is 0 Å². The van der Waals surface area contributed by atoms with Crippen molar-refractivity contribution in [1.29, 1.82) is 5.26 Å². The van der Waals surface area contributed by atoms with E-state index in [0.29, 0.717) is 35.6 Å². The van der Waals surface area contributed by atoms with Gasteiger partial charge in [-0.2, -0.15) is 5.26 Å². The summed E-state index contributed by atoms with van der Waals surface area (Å²) in [5.74, 6) is -0.205. The van der Waals surface area contributed by atoms with Crippen LogP contribution in [0.15, 0.2) is 76.9 Å². The first-order chi connectivity index (χ1) is 16.1. The SMILES string of the molecule is COC(=O)c1ccccc1-c1ccc(C=C(C#N)C(=O)NCCc2c[nH]c3ccccc23)o1. The molecule has 0 radical (unpaired) electrons. The van der Waals surface area contributed by atoms with E-state index in [9.17, 15) is 14.9 Å². The molecule has 7 heteroatoms. The van der Waals surface area contributed by atoms with Crippen molar-refractivity contribution in [1.82, 2.24) is 10.3 Å². The molecule has 0 saturated heterocycles. The number of fused-ring (bicyclic) bond motifs is 1. The molecule has 2 aromatic carbocycles. The van der Waals surface area contributed by atoms with Crippen LogP contribution >= 0.6 is 0 Å². The van der Waals surface area contributed by atoms with Crippen LogP contribution in [0.3, 0.4) is 0 Å². The number of nitrogens with zero attached hydrogens (tertiary/aromatic N) is 1. The molecule has 0 fully saturated rings. The average Bonchev–Trinajstić information content (AvgIpc) is 3.49. The molecule has 0 aliphatic rings. The van der Waals surface area contributed by atoms with Gasteiger partial charge in [0.05, 0.1) is 12.7 Å². The number of para-hydroxylation sites is 1. The summed E-state index contributed by atoms with van der Waals surface area (Å²) in [5.41, 5.74) is 2.98. The molecule has 2 heterocycles. The summed E-state index contributed by atoms with van der Waals surface area (Å²) in [6, 6.07) is 20.1. The largest absolute Gasteiger partial charge is 0.465 e. The van der Waals surface area contributed by atoms with E-state index in [4.69, 9.17) is 9.15 Å². The quantitative estimate of drug-likeness (QED) is 0.251. The zero-order valence-corrected chi connectivity index (χ0v) is 17.9. The number of nitriles is 1. The van der Waals surface area contributed by atoms with Crippen molar-refractivity contribution in [2.24, 2.45) is 0 Å². The number of H-pyrrole nitrogens is 1. The predicted molar refractivity (Wildman–Crippen MR) is 124 cm³/mol. The summed E-state index contributed by atoms with van der Waals surface area (Å²) in [4.78, 5) is 27.7. The minimum atomic E-state index is -0.481. The highest BCUT2D eigenvalue weighted by Gasteiger charge is 2.16. The van der Waals surface area contributed by atoms with Crippen molar-refractivity contribution < 1.29 is 18.7 Å². The molecule has 164 valence electrons. The minimum absolute atomic E-state index is 0.0731. The highest BCUT2D eigenvalue weighted by Crippen LogP contribution is 2.27. The Morgan fingerprint density at radius 2 is 1.91 bits per heavy atom. The third-order valence-electron chi connectivity index (χ3n) is 5.23.